The first-order valence-corrected chi connectivity index (χ1v) is 10.4. The average molecular weight is 441 g/mol. The molecule has 2 aromatic carbocycles. The van der Waals surface area contributed by atoms with Crippen molar-refractivity contribution in [2.45, 2.75) is 18.4 Å². The standard InChI is InChI=1S/C25H20N4O4/c26-17-21-22(19-9-11-20(12-10-19)29(32)33)23(27-14-5-2-6-15-27)25(31)28(24(21)30)16-13-18-7-3-1-4-8-18/h1-12,14-15,22-23H,13,16H2/p+1. The maximum atomic E-state index is 13.7. The summed E-state index contributed by atoms with van der Waals surface area (Å²) in [7, 11) is 0. The Bertz CT molecular complexity index is 1230. The van der Waals surface area contributed by atoms with Crippen LogP contribution >= 0.6 is 0 Å². The van der Waals surface area contributed by atoms with Crippen LogP contribution in [-0.4, -0.2) is 27.4 Å². The minimum Gasteiger partial charge on any atom is -0.494 e. The van der Waals surface area contributed by atoms with Gasteiger partial charge in [0, 0.05) is 30.8 Å². The van der Waals surface area contributed by atoms with E-state index in [0.717, 1.165) is 5.56 Å². The summed E-state index contributed by atoms with van der Waals surface area (Å²) in [5.74, 6) is -1.54. The van der Waals surface area contributed by atoms with Crippen molar-refractivity contribution in [2.24, 2.45) is 0 Å². The number of nitrogens with zero attached hydrogens (tertiary/aromatic N) is 4. The van der Waals surface area contributed by atoms with Crippen molar-refractivity contribution in [3.05, 3.63) is 118 Å². The van der Waals surface area contributed by atoms with Crippen molar-refractivity contribution in [1.82, 2.24) is 4.90 Å². The normalized spacial score (nSPS) is 18.2. The number of carbonyl (C=O) groups excluding carboxylic acids is 1. The molecule has 1 aliphatic heterocycles. The van der Waals surface area contributed by atoms with E-state index in [1.807, 2.05) is 36.4 Å². The predicted octanol–water partition coefficient (Wildman–Crippen LogP) is 3.59. The Kier molecular flexibility index (Phi) is 6.13. The highest BCUT2D eigenvalue weighted by Gasteiger charge is 2.49. The van der Waals surface area contributed by atoms with Gasteiger partial charge in [-0.25, -0.2) is 0 Å². The van der Waals surface area contributed by atoms with E-state index in [0.29, 0.717) is 12.0 Å². The minimum atomic E-state index is -0.839. The van der Waals surface area contributed by atoms with E-state index in [9.17, 15) is 25.3 Å². The number of hydrogen-bond acceptors (Lipinski definition) is 5. The summed E-state index contributed by atoms with van der Waals surface area (Å²) in [6.45, 7) is 0.205. The molecule has 2 heterocycles. The first-order chi connectivity index (χ1) is 16.0. The number of hydrogen-bond donors (Lipinski definition) is 1. The van der Waals surface area contributed by atoms with Crippen molar-refractivity contribution < 1.29 is 19.4 Å². The van der Waals surface area contributed by atoms with Gasteiger partial charge in [0.1, 0.15) is 11.6 Å². The fraction of sp³-hybridized carbons (Fsp3) is 0.160. The number of aliphatic hydroxyl groups is 1. The Hall–Kier alpha value is -4.51. The number of pyridine rings is 1. The number of rotatable bonds is 6. The van der Waals surface area contributed by atoms with Crippen LogP contribution in [0.5, 0.6) is 0 Å². The van der Waals surface area contributed by atoms with Gasteiger partial charge in [0.25, 0.3) is 11.6 Å². The highest BCUT2D eigenvalue weighted by atomic mass is 16.6. The summed E-state index contributed by atoms with van der Waals surface area (Å²) in [5, 5.41) is 32.0. The lowest BCUT2D eigenvalue weighted by molar-refractivity contribution is -0.712. The van der Waals surface area contributed by atoms with Crippen LogP contribution in [0.1, 0.15) is 23.1 Å². The zero-order chi connectivity index (χ0) is 23.4. The van der Waals surface area contributed by atoms with Crippen LogP contribution in [-0.2, 0) is 11.2 Å². The SMILES string of the molecule is N#CC1=C(O)N(CCc2ccccc2)C(=O)C([n+]2ccccc2)C1c1ccc([N+](=O)[O-])cc1. The Morgan fingerprint density at radius 2 is 1.67 bits per heavy atom. The van der Waals surface area contributed by atoms with Gasteiger partial charge in [-0.15, -0.1) is 0 Å². The molecule has 8 heteroatoms. The number of non-ortho nitro benzene ring substituents is 1. The van der Waals surface area contributed by atoms with Crippen molar-refractivity contribution >= 4 is 11.6 Å². The molecule has 3 aromatic rings. The zero-order valence-corrected chi connectivity index (χ0v) is 17.6. The monoisotopic (exact) mass is 441 g/mol. The molecule has 1 aromatic heterocycles. The summed E-state index contributed by atoms with van der Waals surface area (Å²) in [6, 6.07) is 21.9. The molecule has 0 saturated carbocycles. The van der Waals surface area contributed by atoms with Gasteiger partial charge in [-0.2, -0.15) is 9.83 Å². The molecule has 1 N–H and O–H groups in total. The second-order valence-electron chi connectivity index (χ2n) is 7.67. The van der Waals surface area contributed by atoms with Gasteiger partial charge in [0.05, 0.1) is 10.8 Å². The van der Waals surface area contributed by atoms with Gasteiger partial charge < -0.3 is 5.11 Å². The van der Waals surface area contributed by atoms with Gasteiger partial charge in [-0.05, 0) is 17.5 Å². The molecule has 2 atom stereocenters. The van der Waals surface area contributed by atoms with Gasteiger partial charge in [0.2, 0.25) is 11.9 Å². The fourth-order valence-electron chi connectivity index (χ4n) is 4.12. The lowest BCUT2D eigenvalue weighted by atomic mass is 9.81. The molecule has 0 saturated heterocycles. The lowest BCUT2D eigenvalue weighted by Crippen LogP contribution is -2.55. The van der Waals surface area contributed by atoms with E-state index in [1.165, 1.54) is 29.2 Å². The highest BCUT2D eigenvalue weighted by molar-refractivity contribution is 5.84. The topological polar surface area (TPSA) is 111 Å². The number of nitro groups is 1. The summed E-state index contributed by atoms with van der Waals surface area (Å²) in [5.41, 5.74) is 1.47. The van der Waals surface area contributed by atoms with Crippen molar-refractivity contribution in [2.75, 3.05) is 6.54 Å². The maximum Gasteiger partial charge on any atom is 0.299 e. The van der Waals surface area contributed by atoms with Gasteiger partial charge >= 0.3 is 0 Å². The number of carbonyl (C=O) groups is 1. The van der Waals surface area contributed by atoms with Crippen LogP contribution in [0.15, 0.2) is 96.6 Å². The third-order valence-electron chi connectivity index (χ3n) is 5.75. The van der Waals surface area contributed by atoms with Gasteiger partial charge in [-0.3, -0.25) is 19.8 Å². The molecule has 2 unspecified atom stereocenters. The zero-order valence-electron chi connectivity index (χ0n) is 17.6. The molecule has 164 valence electrons. The Labute approximate surface area is 190 Å². The quantitative estimate of drug-likeness (QED) is 0.357. The van der Waals surface area contributed by atoms with E-state index in [1.54, 1.807) is 29.1 Å². The van der Waals surface area contributed by atoms with Crippen molar-refractivity contribution in [1.29, 1.82) is 5.26 Å². The summed E-state index contributed by atoms with van der Waals surface area (Å²) in [4.78, 5) is 25.5. The third-order valence-corrected chi connectivity index (χ3v) is 5.75. The largest absolute Gasteiger partial charge is 0.494 e. The Morgan fingerprint density at radius 1 is 1.03 bits per heavy atom. The summed E-state index contributed by atoms with van der Waals surface area (Å²) >= 11 is 0. The Morgan fingerprint density at radius 3 is 2.27 bits per heavy atom. The van der Waals surface area contributed by atoms with E-state index in [2.05, 4.69) is 6.07 Å². The number of allylic oxidation sites excluding steroid dienone is 1. The molecule has 4 rings (SSSR count). The van der Waals surface area contributed by atoms with Crippen molar-refractivity contribution in [3.8, 4) is 6.07 Å². The van der Waals surface area contributed by atoms with Crippen LogP contribution in [0.3, 0.4) is 0 Å². The fourth-order valence-corrected chi connectivity index (χ4v) is 4.12. The van der Waals surface area contributed by atoms with E-state index in [-0.39, 0.29) is 29.6 Å². The van der Waals surface area contributed by atoms with Crippen LogP contribution in [0.2, 0.25) is 0 Å². The molecular formula is C25H21N4O4+. The van der Waals surface area contributed by atoms with Crippen molar-refractivity contribution in [3.63, 3.8) is 0 Å². The predicted molar refractivity (Wildman–Crippen MR) is 119 cm³/mol. The Balaban J connectivity index is 1.79. The minimum absolute atomic E-state index is 0.0397. The smallest absolute Gasteiger partial charge is 0.299 e. The molecule has 0 fully saturated rings. The van der Waals surface area contributed by atoms with Crippen LogP contribution < -0.4 is 4.57 Å². The molecule has 0 bridgehead atoms. The number of nitriles is 1. The summed E-state index contributed by atoms with van der Waals surface area (Å²) in [6.07, 6.45) is 3.96. The van der Waals surface area contributed by atoms with Crippen LogP contribution in [0.25, 0.3) is 0 Å². The third kappa shape index (κ3) is 4.29. The number of amides is 1. The van der Waals surface area contributed by atoms with Crippen LogP contribution in [0, 0.1) is 21.4 Å². The number of aliphatic hydroxyl groups excluding tert-OH is 1. The molecule has 1 amide bonds. The molecule has 1 aliphatic rings. The number of nitro benzene ring substituents is 1. The molecule has 33 heavy (non-hydrogen) atoms. The number of aromatic nitrogens is 1. The molecule has 0 aliphatic carbocycles. The lowest BCUT2D eigenvalue weighted by Gasteiger charge is -2.34. The maximum absolute atomic E-state index is 13.7. The first-order valence-electron chi connectivity index (χ1n) is 10.4. The van der Waals surface area contributed by atoms with E-state index >= 15 is 0 Å². The molecule has 0 spiro atoms. The number of benzene rings is 2. The van der Waals surface area contributed by atoms with Crippen LogP contribution in [0.4, 0.5) is 5.69 Å². The van der Waals surface area contributed by atoms with E-state index < -0.39 is 16.9 Å². The average Bonchev–Trinajstić information content (AvgIpc) is 2.85. The first kappa shape index (κ1) is 21.7. The molecule has 0 radical (unpaired) electrons. The molecular weight excluding hydrogens is 420 g/mol. The van der Waals surface area contributed by atoms with E-state index in [4.69, 9.17) is 0 Å². The second-order valence-corrected chi connectivity index (χ2v) is 7.67. The molecule has 8 nitrogen and oxygen atoms in total. The summed E-state index contributed by atoms with van der Waals surface area (Å²) < 4.78 is 1.70. The van der Waals surface area contributed by atoms with Gasteiger partial charge in [-0.1, -0.05) is 48.5 Å². The highest BCUT2D eigenvalue weighted by Crippen LogP contribution is 2.40. The van der Waals surface area contributed by atoms with Gasteiger partial charge in [0.15, 0.2) is 12.4 Å². The second kappa shape index (κ2) is 9.32.